The number of nitrogens with zero attached hydrogens (tertiary/aromatic N) is 4. The highest BCUT2D eigenvalue weighted by Gasteiger charge is 2.19. The Morgan fingerprint density at radius 1 is 1.55 bits per heavy atom. The second-order valence-corrected chi connectivity index (χ2v) is 5.92. The van der Waals surface area contributed by atoms with Crippen LogP contribution in [0.2, 0.25) is 0 Å². The van der Waals surface area contributed by atoms with Crippen molar-refractivity contribution in [3.05, 3.63) is 12.7 Å². The molecule has 2 heterocycles. The van der Waals surface area contributed by atoms with E-state index in [0.717, 1.165) is 0 Å². The van der Waals surface area contributed by atoms with Crippen molar-refractivity contribution in [3.8, 4) is 0 Å². The van der Waals surface area contributed by atoms with Gasteiger partial charge in [-0.2, -0.15) is 0 Å². The van der Waals surface area contributed by atoms with E-state index in [1.165, 1.54) is 6.33 Å². The van der Waals surface area contributed by atoms with Crippen molar-refractivity contribution < 1.29 is 18.6 Å². The van der Waals surface area contributed by atoms with Crippen LogP contribution in [0.15, 0.2) is 12.7 Å². The molecule has 0 saturated heterocycles. The average molecular weight is 297 g/mol. The molecular weight excluding hydrogens is 284 g/mol. The summed E-state index contributed by atoms with van der Waals surface area (Å²) >= 11 is 0. The fourth-order valence-electron chi connectivity index (χ4n) is 1.61. The summed E-state index contributed by atoms with van der Waals surface area (Å²) in [5, 5.41) is 0. The minimum atomic E-state index is -3.89. The van der Waals surface area contributed by atoms with E-state index in [4.69, 9.17) is 15.4 Å². The van der Waals surface area contributed by atoms with Crippen molar-refractivity contribution in [2.24, 2.45) is 0 Å². The van der Waals surface area contributed by atoms with E-state index in [0.29, 0.717) is 23.5 Å². The lowest BCUT2D eigenvalue weighted by Gasteiger charge is -2.16. The molecule has 2 aromatic rings. The molecule has 20 heavy (non-hydrogen) atoms. The third-order valence-corrected chi connectivity index (χ3v) is 3.38. The first-order chi connectivity index (χ1) is 9.43. The van der Waals surface area contributed by atoms with Crippen molar-refractivity contribution >= 4 is 32.6 Å². The van der Waals surface area contributed by atoms with Gasteiger partial charge in [0.25, 0.3) is 8.05 Å². The smallest absolute Gasteiger partial charge is 0.338 e. The Morgan fingerprint density at radius 3 is 3.00 bits per heavy atom. The van der Waals surface area contributed by atoms with Crippen LogP contribution >= 0.6 is 7.60 Å². The molecule has 106 valence electrons. The normalized spacial score (nSPS) is 16.1. The molecular formula is C9H13BN5O4P. The van der Waals surface area contributed by atoms with Crippen LogP contribution in [-0.4, -0.2) is 44.9 Å². The van der Waals surface area contributed by atoms with Gasteiger partial charge in [-0.15, -0.1) is 0 Å². The fourth-order valence-corrected chi connectivity index (χ4v) is 2.12. The van der Waals surface area contributed by atoms with E-state index >= 15 is 0 Å². The second-order valence-electron chi connectivity index (χ2n) is 4.18. The van der Waals surface area contributed by atoms with Gasteiger partial charge in [0.05, 0.1) is 19.0 Å². The molecule has 1 unspecified atom stereocenters. The van der Waals surface area contributed by atoms with Gasteiger partial charge >= 0.3 is 7.60 Å². The molecule has 2 atom stereocenters. The van der Waals surface area contributed by atoms with E-state index in [-0.39, 0.29) is 6.10 Å². The average Bonchev–Trinajstić information content (AvgIpc) is 2.82. The highest BCUT2D eigenvalue weighted by molar-refractivity contribution is 7.53. The molecule has 0 aliphatic carbocycles. The Hall–Kier alpha value is -1.48. The molecule has 0 fully saturated rings. The predicted molar refractivity (Wildman–Crippen MR) is 71.8 cm³/mol. The molecule has 2 aromatic heterocycles. The Balaban J connectivity index is 2.05. The lowest BCUT2D eigenvalue weighted by molar-refractivity contribution is 0.0776. The van der Waals surface area contributed by atoms with Gasteiger partial charge in [-0.25, -0.2) is 15.0 Å². The number of ether oxygens (including phenoxy) is 1. The Bertz CT molecular complexity index is 650. The number of aromatic nitrogens is 4. The monoisotopic (exact) mass is 297 g/mol. The van der Waals surface area contributed by atoms with Crippen LogP contribution < -0.4 is 5.73 Å². The fraction of sp³-hybridized carbons (Fsp3) is 0.444. The van der Waals surface area contributed by atoms with E-state index in [1.807, 2.05) is 0 Å². The first kappa shape index (κ1) is 14.9. The second kappa shape index (κ2) is 5.88. The van der Waals surface area contributed by atoms with Gasteiger partial charge in [0, 0.05) is 0 Å². The summed E-state index contributed by atoms with van der Waals surface area (Å²) in [4.78, 5) is 21.2. The minimum absolute atomic E-state index is 0.290. The molecule has 0 aromatic carbocycles. The number of imidazole rings is 1. The summed E-state index contributed by atoms with van der Waals surface area (Å²) in [6.45, 7) is 2.10. The molecule has 0 aliphatic heterocycles. The Labute approximate surface area is 116 Å². The molecule has 0 saturated carbocycles. The van der Waals surface area contributed by atoms with Gasteiger partial charge in [0.1, 0.15) is 18.2 Å². The maximum atomic E-state index is 11.2. The molecule has 11 heteroatoms. The van der Waals surface area contributed by atoms with Crippen LogP contribution in [0.1, 0.15) is 6.92 Å². The van der Waals surface area contributed by atoms with E-state index in [9.17, 15) is 4.57 Å². The van der Waals surface area contributed by atoms with Crippen molar-refractivity contribution in [3.63, 3.8) is 0 Å². The lowest BCUT2D eigenvalue weighted by atomic mass is 10.4. The van der Waals surface area contributed by atoms with Gasteiger partial charge in [-0.3, -0.25) is 4.57 Å². The summed E-state index contributed by atoms with van der Waals surface area (Å²) in [5.41, 5.74) is 6.74. The Morgan fingerprint density at radius 2 is 2.30 bits per heavy atom. The molecule has 0 amide bonds. The number of rotatable bonds is 6. The van der Waals surface area contributed by atoms with Gasteiger partial charge in [-0.1, -0.05) is 0 Å². The van der Waals surface area contributed by atoms with Crippen LogP contribution in [0.3, 0.4) is 0 Å². The number of nitrogens with two attached hydrogens (primary N) is 1. The zero-order valence-corrected chi connectivity index (χ0v) is 11.6. The quantitative estimate of drug-likeness (QED) is 0.566. The maximum absolute atomic E-state index is 11.2. The summed E-state index contributed by atoms with van der Waals surface area (Å²) in [5.74, 6) is 0.290. The molecule has 9 nitrogen and oxygen atoms in total. The number of anilines is 1. The third kappa shape index (κ3) is 3.34. The van der Waals surface area contributed by atoms with Crippen LogP contribution in [-0.2, 0) is 20.3 Å². The lowest BCUT2D eigenvalue weighted by Crippen LogP contribution is -2.17. The first-order valence-electron chi connectivity index (χ1n) is 5.66. The Kier molecular flexibility index (Phi) is 4.39. The number of fused-ring (bicyclic) bond motifs is 1. The summed E-state index contributed by atoms with van der Waals surface area (Å²) < 4.78 is 22.0. The summed E-state index contributed by atoms with van der Waals surface area (Å²) in [6, 6.07) is 0. The molecule has 0 bridgehead atoms. The topological polar surface area (TPSA) is 125 Å². The highest BCUT2D eigenvalue weighted by Crippen LogP contribution is 2.40. The van der Waals surface area contributed by atoms with Crippen LogP contribution in [0.25, 0.3) is 11.2 Å². The van der Waals surface area contributed by atoms with Gasteiger partial charge in [-0.05, 0) is 6.92 Å². The summed E-state index contributed by atoms with van der Waals surface area (Å²) in [6.07, 6.45) is 2.02. The zero-order chi connectivity index (χ0) is 14.8. The number of hydrogen-bond donors (Lipinski definition) is 2. The minimum Gasteiger partial charge on any atom is -0.382 e. The molecule has 3 N–H and O–H groups in total. The van der Waals surface area contributed by atoms with Crippen LogP contribution in [0.4, 0.5) is 5.82 Å². The van der Waals surface area contributed by atoms with Gasteiger partial charge in [0.2, 0.25) is 0 Å². The third-order valence-electron chi connectivity index (χ3n) is 2.57. The van der Waals surface area contributed by atoms with Crippen molar-refractivity contribution in [1.29, 1.82) is 0 Å². The van der Waals surface area contributed by atoms with Crippen molar-refractivity contribution in [2.75, 3.05) is 12.1 Å². The van der Waals surface area contributed by atoms with Crippen LogP contribution in [0, 0.1) is 0 Å². The highest BCUT2D eigenvalue weighted by atomic mass is 31.2. The predicted octanol–water partition coefficient (Wildman–Crippen LogP) is 0.0566. The standard InChI is InChI=1S/C9H13BN5O4P/c1-6(18-5-20(16,17)19-10)2-15-4-14-7-8(11)12-3-13-9(7)15/h3-4,6H,2,5H2,1H3,(H,16,17)(H2,11,12,13)/t6-/m1/s1. The largest absolute Gasteiger partial charge is 0.382 e. The first-order valence-corrected chi connectivity index (χ1v) is 7.42. The van der Waals surface area contributed by atoms with Gasteiger partial charge < -0.3 is 24.4 Å². The van der Waals surface area contributed by atoms with Crippen molar-refractivity contribution in [1.82, 2.24) is 19.5 Å². The molecule has 2 rings (SSSR count). The number of hydrogen-bond acceptors (Lipinski definition) is 7. The van der Waals surface area contributed by atoms with Crippen molar-refractivity contribution in [2.45, 2.75) is 19.6 Å². The summed E-state index contributed by atoms with van der Waals surface area (Å²) in [7, 11) is 0.792. The van der Waals surface area contributed by atoms with E-state index in [1.54, 1.807) is 17.8 Å². The maximum Gasteiger partial charge on any atom is 0.338 e. The van der Waals surface area contributed by atoms with Crippen LogP contribution in [0.5, 0.6) is 0 Å². The van der Waals surface area contributed by atoms with E-state index < -0.39 is 13.9 Å². The van der Waals surface area contributed by atoms with E-state index in [2.05, 4.69) is 27.4 Å². The zero-order valence-electron chi connectivity index (χ0n) is 10.7. The molecule has 2 radical (unpaired) electrons. The molecule has 0 aliphatic rings. The number of nitrogen functional groups attached to an aromatic ring is 1. The molecule has 0 spiro atoms. The van der Waals surface area contributed by atoms with Gasteiger partial charge in [0.15, 0.2) is 11.5 Å². The SMILES string of the molecule is [B]OP(=O)(O)CO[C@H](C)Cn1cnc2c(N)ncnc21.